The number of ether oxygens (including phenoxy) is 1. The van der Waals surface area contributed by atoms with Crippen LogP contribution in [-0.4, -0.2) is 42.3 Å². The number of carboxylic acids is 1. The Balaban J connectivity index is 2.42. The van der Waals surface area contributed by atoms with Crippen LogP contribution in [0.4, 0.5) is 0 Å². The van der Waals surface area contributed by atoms with E-state index in [1.165, 1.54) is 0 Å². The minimum atomic E-state index is -1.09. The summed E-state index contributed by atoms with van der Waals surface area (Å²) < 4.78 is 4.95. The Hall–Kier alpha value is -1.14. The molecule has 0 aliphatic carbocycles. The molecule has 0 bridgehead atoms. The van der Waals surface area contributed by atoms with E-state index < -0.39 is 24.0 Å². The van der Waals surface area contributed by atoms with Gasteiger partial charge >= 0.3 is 5.97 Å². The van der Waals surface area contributed by atoms with Gasteiger partial charge in [0.15, 0.2) is 0 Å². The van der Waals surface area contributed by atoms with Crippen LogP contribution in [0.5, 0.6) is 0 Å². The van der Waals surface area contributed by atoms with E-state index in [1.54, 1.807) is 0 Å². The Labute approximate surface area is 75.0 Å². The lowest BCUT2D eigenvalue weighted by atomic mass is 9.99. The maximum Gasteiger partial charge on any atom is 0.322 e. The van der Waals surface area contributed by atoms with Gasteiger partial charge in [-0.15, -0.1) is 0 Å². The molecule has 6 heteroatoms. The molecule has 0 saturated carbocycles. The van der Waals surface area contributed by atoms with Crippen LogP contribution in [0.15, 0.2) is 0 Å². The molecule has 1 amide bonds. The molecule has 0 aromatic carbocycles. The van der Waals surface area contributed by atoms with Crippen molar-refractivity contribution in [2.24, 2.45) is 5.73 Å². The van der Waals surface area contributed by atoms with Crippen molar-refractivity contribution in [1.29, 1.82) is 0 Å². The molecule has 1 fully saturated rings. The average molecular weight is 188 g/mol. The lowest BCUT2D eigenvalue weighted by Crippen LogP contribution is -2.55. The van der Waals surface area contributed by atoms with Gasteiger partial charge in [0.2, 0.25) is 5.91 Å². The number of aliphatic carboxylic acids is 1. The van der Waals surface area contributed by atoms with E-state index >= 15 is 0 Å². The molecule has 13 heavy (non-hydrogen) atoms. The number of rotatable bonds is 3. The number of nitrogens with two attached hydrogens (primary N) is 1. The van der Waals surface area contributed by atoms with Gasteiger partial charge in [0.25, 0.3) is 0 Å². The van der Waals surface area contributed by atoms with Gasteiger partial charge in [-0.25, -0.2) is 0 Å². The van der Waals surface area contributed by atoms with Crippen molar-refractivity contribution in [3.63, 3.8) is 0 Å². The molecule has 1 rings (SSSR count). The van der Waals surface area contributed by atoms with Gasteiger partial charge in [-0.3, -0.25) is 9.59 Å². The number of amides is 1. The van der Waals surface area contributed by atoms with Crippen LogP contribution in [0.25, 0.3) is 0 Å². The summed E-state index contributed by atoms with van der Waals surface area (Å²) in [5.74, 6) is -1.55. The van der Waals surface area contributed by atoms with Gasteiger partial charge in [0.1, 0.15) is 12.1 Å². The Kier molecular flexibility index (Phi) is 2.84. The number of carbonyl (C=O) groups excluding carboxylic acids is 1. The normalized spacial score (nSPS) is 27.2. The Morgan fingerprint density at radius 3 is 2.77 bits per heavy atom. The smallest absolute Gasteiger partial charge is 0.322 e. The molecule has 6 nitrogen and oxygen atoms in total. The van der Waals surface area contributed by atoms with E-state index in [2.05, 4.69) is 5.32 Å². The summed E-state index contributed by atoms with van der Waals surface area (Å²) >= 11 is 0. The lowest BCUT2D eigenvalue weighted by Gasteiger charge is -2.19. The first kappa shape index (κ1) is 9.94. The predicted molar refractivity (Wildman–Crippen MR) is 43.0 cm³/mol. The molecular formula is C7H12N2O4. The van der Waals surface area contributed by atoms with Gasteiger partial charge in [-0.2, -0.15) is 0 Å². The van der Waals surface area contributed by atoms with Crippen LogP contribution in [0.2, 0.25) is 0 Å². The highest BCUT2D eigenvalue weighted by molar-refractivity contribution is 5.89. The van der Waals surface area contributed by atoms with Crippen LogP contribution in [-0.2, 0) is 14.3 Å². The number of hydrogen-bond donors (Lipinski definition) is 3. The third-order valence-corrected chi connectivity index (χ3v) is 1.90. The van der Waals surface area contributed by atoms with Crippen LogP contribution in [0, 0.1) is 0 Å². The van der Waals surface area contributed by atoms with Crippen LogP contribution in [0.3, 0.4) is 0 Å². The van der Waals surface area contributed by atoms with Crippen molar-refractivity contribution in [2.45, 2.75) is 12.0 Å². The Morgan fingerprint density at radius 2 is 2.31 bits per heavy atom. The van der Waals surface area contributed by atoms with Crippen LogP contribution >= 0.6 is 0 Å². The molecule has 1 unspecified atom stereocenters. The minimum Gasteiger partial charge on any atom is -0.480 e. The third-order valence-electron chi connectivity index (χ3n) is 1.90. The first-order chi connectivity index (χ1) is 6.04. The molecule has 0 spiro atoms. The fourth-order valence-electron chi connectivity index (χ4n) is 1.09. The van der Waals surface area contributed by atoms with E-state index in [0.717, 1.165) is 0 Å². The van der Waals surface area contributed by atoms with Gasteiger partial charge in [0, 0.05) is 6.61 Å². The molecular weight excluding hydrogens is 176 g/mol. The molecule has 1 aliphatic rings. The zero-order valence-corrected chi connectivity index (χ0v) is 7.08. The molecule has 74 valence electrons. The Bertz CT molecular complexity index is 223. The van der Waals surface area contributed by atoms with E-state index in [0.29, 0.717) is 13.0 Å². The number of carboxylic acid groups (broad SMARTS) is 1. The standard InChI is InChI=1S/C7H12N2O4/c8-7(1-2-13-4-7)6(12)9-3-5(10)11/h1-4,8H2,(H,9,12)(H,10,11). The second-order valence-electron chi connectivity index (χ2n) is 3.04. The first-order valence-corrected chi connectivity index (χ1v) is 3.91. The number of hydrogen-bond acceptors (Lipinski definition) is 4. The van der Waals surface area contributed by atoms with Crippen molar-refractivity contribution in [1.82, 2.24) is 5.32 Å². The number of carbonyl (C=O) groups is 2. The highest BCUT2D eigenvalue weighted by Crippen LogP contribution is 2.14. The first-order valence-electron chi connectivity index (χ1n) is 3.91. The van der Waals surface area contributed by atoms with Crippen molar-refractivity contribution in [2.75, 3.05) is 19.8 Å². The summed E-state index contributed by atoms with van der Waals surface area (Å²) in [5.41, 5.74) is 4.61. The van der Waals surface area contributed by atoms with Crippen molar-refractivity contribution < 1.29 is 19.4 Å². The van der Waals surface area contributed by atoms with Gasteiger partial charge in [-0.05, 0) is 6.42 Å². The fraction of sp³-hybridized carbons (Fsp3) is 0.714. The zero-order chi connectivity index (χ0) is 9.90. The maximum absolute atomic E-state index is 11.3. The monoisotopic (exact) mass is 188 g/mol. The van der Waals surface area contributed by atoms with Crippen LogP contribution < -0.4 is 11.1 Å². The highest BCUT2D eigenvalue weighted by atomic mass is 16.5. The highest BCUT2D eigenvalue weighted by Gasteiger charge is 2.38. The zero-order valence-electron chi connectivity index (χ0n) is 7.08. The summed E-state index contributed by atoms with van der Waals surface area (Å²) in [6, 6.07) is 0. The van der Waals surface area contributed by atoms with Crippen molar-refractivity contribution in [3.8, 4) is 0 Å². The quantitative estimate of drug-likeness (QED) is 0.490. The molecule has 1 heterocycles. The summed E-state index contributed by atoms with van der Waals surface area (Å²) in [6.45, 7) is 0.188. The van der Waals surface area contributed by atoms with Gasteiger partial charge in [-0.1, -0.05) is 0 Å². The van der Waals surface area contributed by atoms with E-state index in [-0.39, 0.29) is 6.61 Å². The summed E-state index contributed by atoms with van der Waals surface area (Å²) in [4.78, 5) is 21.4. The molecule has 4 N–H and O–H groups in total. The second kappa shape index (κ2) is 3.71. The molecule has 0 radical (unpaired) electrons. The summed E-state index contributed by atoms with van der Waals surface area (Å²) in [7, 11) is 0. The number of nitrogens with one attached hydrogen (secondary N) is 1. The topological polar surface area (TPSA) is 102 Å². The predicted octanol–water partition coefficient (Wildman–Crippen LogP) is -1.69. The fourth-order valence-corrected chi connectivity index (χ4v) is 1.09. The molecule has 0 aromatic rings. The molecule has 1 aliphatic heterocycles. The van der Waals surface area contributed by atoms with E-state index in [1.807, 2.05) is 0 Å². The van der Waals surface area contributed by atoms with Crippen LogP contribution in [0.1, 0.15) is 6.42 Å². The summed E-state index contributed by atoms with van der Waals surface area (Å²) in [5, 5.41) is 10.5. The molecule has 1 saturated heterocycles. The van der Waals surface area contributed by atoms with Crippen molar-refractivity contribution in [3.05, 3.63) is 0 Å². The largest absolute Gasteiger partial charge is 0.480 e. The molecule has 0 aromatic heterocycles. The third kappa shape index (κ3) is 2.40. The maximum atomic E-state index is 11.3. The van der Waals surface area contributed by atoms with Gasteiger partial charge < -0.3 is 20.9 Å². The second-order valence-corrected chi connectivity index (χ2v) is 3.04. The Morgan fingerprint density at radius 1 is 1.62 bits per heavy atom. The van der Waals surface area contributed by atoms with E-state index in [9.17, 15) is 9.59 Å². The summed E-state index contributed by atoms with van der Waals surface area (Å²) in [6.07, 6.45) is 0.429. The lowest BCUT2D eigenvalue weighted by molar-refractivity contribution is -0.138. The van der Waals surface area contributed by atoms with Gasteiger partial charge in [0.05, 0.1) is 6.61 Å². The molecule has 1 atom stereocenters. The minimum absolute atomic E-state index is 0.151. The van der Waals surface area contributed by atoms with Crippen molar-refractivity contribution >= 4 is 11.9 Å². The SMILES string of the molecule is NC1(C(=O)NCC(=O)O)CCOC1. The van der Waals surface area contributed by atoms with E-state index in [4.69, 9.17) is 15.6 Å². The average Bonchev–Trinajstić information content (AvgIpc) is 2.49.